The quantitative estimate of drug-likeness (QED) is 0.605. The normalized spacial score (nSPS) is 14.4. The molecule has 1 aromatic carbocycles. The van der Waals surface area contributed by atoms with Crippen molar-refractivity contribution in [2.75, 3.05) is 32.2 Å². The molecule has 30 heavy (non-hydrogen) atoms. The highest BCUT2D eigenvalue weighted by atomic mass is 19.1. The number of hydrogen-bond donors (Lipinski definition) is 0. The molecule has 10 heteroatoms. The molecule has 3 heterocycles. The molecule has 0 saturated carbocycles. The van der Waals surface area contributed by atoms with E-state index >= 15 is 0 Å². The zero-order valence-corrected chi connectivity index (χ0v) is 16.7. The van der Waals surface area contributed by atoms with Crippen molar-refractivity contribution in [3.8, 4) is 23.7 Å². The molecule has 3 aromatic rings. The molecular weight excluding hydrogens is 391 g/mol. The Labute approximate surface area is 172 Å². The Hall–Kier alpha value is -3.56. The lowest BCUT2D eigenvalue weighted by molar-refractivity contribution is 0.338. The van der Waals surface area contributed by atoms with Crippen LogP contribution in [0.2, 0.25) is 0 Å². The molecule has 0 bridgehead atoms. The van der Waals surface area contributed by atoms with Gasteiger partial charge < -0.3 is 19.1 Å². The molecule has 4 rings (SSSR count). The van der Waals surface area contributed by atoms with E-state index in [1.165, 1.54) is 26.4 Å². The Morgan fingerprint density at radius 1 is 0.900 bits per heavy atom. The van der Waals surface area contributed by atoms with E-state index in [4.69, 9.17) is 14.2 Å². The van der Waals surface area contributed by atoms with Crippen LogP contribution >= 0.6 is 0 Å². The second-order valence-corrected chi connectivity index (χ2v) is 6.67. The largest absolute Gasteiger partial charge is 0.467 e. The summed E-state index contributed by atoms with van der Waals surface area (Å²) in [6, 6.07) is 6.25. The van der Waals surface area contributed by atoms with Crippen LogP contribution in [0.3, 0.4) is 0 Å². The molecule has 0 spiro atoms. The fourth-order valence-corrected chi connectivity index (χ4v) is 3.31. The Morgan fingerprint density at radius 3 is 2.17 bits per heavy atom. The number of anilines is 1. The highest BCUT2D eigenvalue weighted by molar-refractivity contribution is 5.35. The number of nitrogens with zero attached hydrogens (tertiary/aromatic N) is 6. The molecule has 0 amide bonds. The van der Waals surface area contributed by atoms with Crippen LogP contribution in [0.15, 0.2) is 36.7 Å². The van der Waals surface area contributed by atoms with Gasteiger partial charge in [0.25, 0.3) is 0 Å². The molecule has 0 unspecified atom stereocenters. The summed E-state index contributed by atoms with van der Waals surface area (Å²) < 4.78 is 29.3. The van der Waals surface area contributed by atoms with Crippen molar-refractivity contribution < 1.29 is 18.6 Å². The zero-order chi connectivity index (χ0) is 20.9. The van der Waals surface area contributed by atoms with Crippen molar-refractivity contribution in [2.45, 2.75) is 18.8 Å². The summed E-state index contributed by atoms with van der Waals surface area (Å²) in [5, 5.41) is 0. The first-order valence-electron chi connectivity index (χ1n) is 9.49. The van der Waals surface area contributed by atoms with Crippen LogP contribution in [-0.2, 0) is 0 Å². The van der Waals surface area contributed by atoms with Crippen molar-refractivity contribution in [1.29, 1.82) is 0 Å². The standard InChI is InChI=1S/C20H21FN6O3/c1-28-19-24-18(25-20(26-19)29-2)27-11-7-13(8-12-27)16-17(23-10-9-22-16)30-15-5-3-14(21)4-6-15/h3-6,9-10,13H,7-8,11-12H2,1-2H3. The van der Waals surface area contributed by atoms with Gasteiger partial charge in [-0.3, -0.25) is 4.98 Å². The summed E-state index contributed by atoms with van der Waals surface area (Å²) in [6.07, 6.45) is 4.87. The Morgan fingerprint density at radius 2 is 1.53 bits per heavy atom. The topological polar surface area (TPSA) is 95.4 Å². The van der Waals surface area contributed by atoms with Gasteiger partial charge in [-0.2, -0.15) is 9.97 Å². The predicted molar refractivity (Wildman–Crippen MR) is 106 cm³/mol. The molecule has 1 aliphatic rings. The number of ether oxygens (including phenoxy) is 3. The van der Waals surface area contributed by atoms with Gasteiger partial charge in [-0.1, -0.05) is 0 Å². The van der Waals surface area contributed by atoms with Crippen LogP contribution in [0.1, 0.15) is 24.5 Å². The van der Waals surface area contributed by atoms with E-state index in [1.807, 2.05) is 0 Å². The number of hydrogen-bond acceptors (Lipinski definition) is 9. The highest BCUT2D eigenvalue weighted by Crippen LogP contribution is 2.34. The lowest BCUT2D eigenvalue weighted by Crippen LogP contribution is -2.34. The summed E-state index contributed by atoms with van der Waals surface area (Å²) in [6.45, 7) is 1.43. The maximum absolute atomic E-state index is 13.1. The van der Waals surface area contributed by atoms with Crippen molar-refractivity contribution in [3.63, 3.8) is 0 Å². The van der Waals surface area contributed by atoms with Crippen LogP contribution in [0.4, 0.5) is 10.3 Å². The van der Waals surface area contributed by atoms with Crippen LogP contribution < -0.4 is 19.1 Å². The van der Waals surface area contributed by atoms with E-state index in [-0.39, 0.29) is 23.8 Å². The van der Waals surface area contributed by atoms with Crippen LogP contribution in [0.5, 0.6) is 23.7 Å². The molecule has 0 atom stereocenters. The summed E-state index contributed by atoms with van der Waals surface area (Å²) >= 11 is 0. The highest BCUT2D eigenvalue weighted by Gasteiger charge is 2.27. The third kappa shape index (κ3) is 4.37. The Bertz CT molecular complexity index is 974. The second-order valence-electron chi connectivity index (χ2n) is 6.67. The van der Waals surface area contributed by atoms with E-state index in [9.17, 15) is 4.39 Å². The van der Waals surface area contributed by atoms with Crippen molar-refractivity contribution in [2.24, 2.45) is 0 Å². The third-order valence-corrected chi connectivity index (χ3v) is 4.83. The van der Waals surface area contributed by atoms with E-state index in [2.05, 4.69) is 29.8 Å². The molecule has 1 aliphatic heterocycles. The minimum atomic E-state index is -0.319. The summed E-state index contributed by atoms with van der Waals surface area (Å²) in [7, 11) is 3.00. The average molecular weight is 412 g/mol. The van der Waals surface area contributed by atoms with Gasteiger partial charge in [0.2, 0.25) is 11.8 Å². The monoisotopic (exact) mass is 412 g/mol. The molecule has 1 saturated heterocycles. The fraction of sp³-hybridized carbons (Fsp3) is 0.350. The van der Waals surface area contributed by atoms with Crippen LogP contribution in [0, 0.1) is 5.82 Å². The minimum absolute atomic E-state index is 0.163. The number of methoxy groups -OCH3 is 2. The molecule has 2 aromatic heterocycles. The Kier molecular flexibility index (Phi) is 5.82. The smallest absolute Gasteiger partial charge is 0.324 e. The number of aromatic nitrogens is 5. The number of rotatable bonds is 6. The van der Waals surface area contributed by atoms with E-state index < -0.39 is 0 Å². The van der Waals surface area contributed by atoms with Gasteiger partial charge in [-0.05, 0) is 37.1 Å². The Balaban J connectivity index is 1.48. The maximum atomic E-state index is 13.1. The van der Waals surface area contributed by atoms with Gasteiger partial charge in [0.05, 0.1) is 14.2 Å². The first-order chi connectivity index (χ1) is 14.7. The molecule has 156 valence electrons. The molecule has 9 nitrogen and oxygen atoms in total. The van der Waals surface area contributed by atoms with E-state index in [0.29, 0.717) is 30.7 Å². The molecular formula is C20H21FN6O3. The van der Waals surface area contributed by atoms with Gasteiger partial charge in [-0.15, -0.1) is 4.98 Å². The van der Waals surface area contributed by atoms with Crippen molar-refractivity contribution in [1.82, 2.24) is 24.9 Å². The predicted octanol–water partition coefficient (Wildman–Crippen LogP) is 2.99. The lowest BCUT2D eigenvalue weighted by Gasteiger charge is -2.31. The van der Waals surface area contributed by atoms with Crippen LogP contribution in [0.25, 0.3) is 0 Å². The molecule has 0 aliphatic carbocycles. The molecule has 1 fully saturated rings. The molecule has 0 radical (unpaired) electrons. The average Bonchev–Trinajstić information content (AvgIpc) is 2.80. The number of benzene rings is 1. The minimum Gasteiger partial charge on any atom is -0.467 e. The van der Waals surface area contributed by atoms with E-state index in [0.717, 1.165) is 18.5 Å². The van der Waals surface area contributed by atoms with Crippen molar-refractivity contribution in [3.05, 3.63) is 48.2 Å². The first kappa shape index (κ1) is 19.7. The molecule has 0 N–H and O–H groups in total. The van der Waals surface area contributed by atoms with Gasteiger partial charge >= 0.3 is 12.0 Å². The summed E-state index contributed by atoms with van der Waals surface area (Å²) in [5.41, 5.74) is 0.785. The SMILES string of the molecule is COc1nc(OC)nc(N2CCC(c3nccnc3Oc3ccc(F)cc3)CC2)n1. The lowest BCUT2D eigenvalue weighted by atomic mass is 9.93. The maximum Gasteiger partial charge on any atom is 0.324 e. The third-order valence-electron chi connectivity index (χ3n) is 4.83. The van der Waals surface area contributed by atoms with Gasteiger partial charge in [0.15, 0.2) is 0 Å². The summed E-state index contributed by atoms with van der Waals surface area (Å²) in [4.78, 5) is 23.6. The van der Waals surface area contributed by atoms with Gasteiger partial charge in [-0.25, -0.2) is 9.37 Å². The number of piperidine rings is 1. The first-order valence-corrected chi connectivity index (χ1v) is 9.49. The van der Waals surface area contributed by atoms with Crippen LogP contribution in [-0.4, -0.2) is 52.2 Å². The van der Waals surface area contributed by atoms with Gasteiger partial charge in [0, 0.05) is 31.4 Å². The van der Waals surface area contributed by atoms with Gasteiger partial charge in [0.1, 0.15) is 17.3 Å². The van der Waals surface area contributed by atoms with E-state index in [1.54, 1.807) is 24.5 Å². The zero-order valence-electron chi connectivity index (χ0n) is 16.7. The number of halogens is 1. The summed E-state index contributed by atoms with van der Waals surface area (Å²) in [5.74, 6) is 1.31. The van der Waals surface area contributed by atoms with Crippen molar-refractivity contribution >= 4 is 5.95 Å². The second kappa shape index (κ2) is 8.85. The fourth-order valence-electron chi connectivity index (χ4n) is 3.31.